The lowest BCUT2D eigenvalue weighted by Gasteiger charge is -2.11. The van der Waals surface area contributed by atoms with Gasteiger partial charge in [0.2, 0.25) is 0 Å². The van der Waals surface area contributed by atoms with Crippen molar-refractivity contribution in [1.29, 1.82) is 0 Å². The van der Waals surface area contributed by atoms with Crippen LogP contribution in [0.5, 0.6) is 11.5 Å². The summed E-state index contributed by atoms with van der Waals surface area (Å²) in [4.78, 5) is 28.6. The Morgan fingerprint density at radius 2 is 1.76 bits per heavy atom. The van der Waals surface area contributed by atoms with Crippen LogP contribution in [0.2, 0.25) is 10.0 Å². The predicted octanol–water partition coefficient (Wildman–Crippen LogP) is 7.66. The number of nitrogens with one attached hydrogen (secondary N) is 2. The first-order valence-corrected chi connectivity index (χ1v) is 13.2. The monoisotopic (exact) mass is 589 g/mol. The maximum Gasteiger partial charge on any atom is 0.343 e. The van der Waals surface area contributed by atoms with Gasteiger partial charge in [-0.2, -0.15) is 5.10 Å². The summed E-state index contributed by atoms with van der Waals surface area (Å²) in [7, 11) is 0. The van der Waals surface area contributed by atoms with Crippen LogP contribution >= 0.6 is 23.2 Å². The van der Waals surface area contributed by atoms with Crippen molar-refractivity contribution in [3.05, 3.63) is 118 Å². The zero-order valence-electron chi connectivity index (χ0n) is 21.6. The molecule has 206 valence electrons. The van der Waals surface area contributed by atoms with Gasteiger partial charge < -0.3 is 14.5 Å². The molecule has 0 spiro atoms. The van der Waals surface area contributed by atoms with Crippen molar-refractivity contribution in [2.45, 2.75) is 6.92 Å². The van der Waals surface area contributed by atoms with Gasteiger partial charge in [-0.1, -0.05) is 53.5 Å². The van der Waals surface area contributed by atoms with Gasteiger partial charge in [0.15, 0.2) is 11.5 Å². The molecular weight excluding hydrogens is 568 g/mol. The fourth-order valence-corrected chi connectivity index (χ4v) is 4.58. The van der Waals surface area contributed by atoms with Crippen LogP contribution < -0.4 is 14.9 Å². The summed E-state index contributed by atoms with van der Waals surface area (Å²) in [5.41, 5.74) is 4.70. The number of aromatic amines is 1. The van der Waals surface area contributed by atoms with E-state index in [0.29, 0.717) is 50.0 Å². The number of hydrazone groups is 1. The van der Waals surface area contributed by atoms with Gasteiger partial charge in [-0.15, -0.1) is 0 Å². The third-order valence-electron chi connectivity index (χ3n) is 6.08. The second-order valence-electron chi connectivity index (χ2n) is 8.75. The van der Waals surface area contributed by atoms with E-state index in [1.54, 1.807) is 85.8 Å². The van der Waals surface area contributed by atoms with Gasteiger partial charge in [-0.25, -0.2) is 14.6 Å². The lowest BCUT2D eigenvalue weighted by atomic mass is 10.0. The zero-order valence-corrected chi connectivity index (χ0v) is 23.1. The average molecular weight is 590 g/mol. The lowest BCUT2D eigenvalue weighted by Crippen LogP contribution is -2.19. The van der Waals surface area contributed by atoms with Gasteiger partial charge in [-0.05, 0) is 67.1 Å². The minimum absolute atomic E-state index is 0.106. The highest BCUT2D eigenvalue weighted by Gasteiger charge is 2.22. The van der Waals surface area contributed by atoms with Crippen molar-refractivity contribution in [1.82, 2.24) is 10.4 Å². The Kier molecular flexibility index (Phi) is 8.33. The lowest BCUT2D eigenvalue weighted by molar-refractivity contribution is 0.0728. The summed E-state index contributed by atoms with van der Waals surface area (Å²) in [6, 6.07) is 22.7. The number of rotatable bonds is 8. The maximum absolute atomic E-state index is 14.6. The molecule has 0 bridgehead atoms. The van der Waals surface area contributed by atoms with Crippen molar-refractivity contribution >= 4 is 52.2 Å². The van der Waals surface area contributed by atoms with E-state index in [1.165, 1.54) is 12.3 Å². The molecule has 0 saturated carbocycles. The summed E-state index contributed by atoms with van der Waals surface area (Å²) < 4.78 is 25.8. The molecular formula is C31H22Cl2FN3O4. The van der Waals surface area contributed by atoms with E-state index in [1.807, 2.05) is 0 Å². The fraction of sp³-hybridized carbons (Fsp3) is 0.0645. The standard InChI is InChI=1S/C31H22Cl2FN3O4/c1-2-40-26-16-18(10-15-25(26)41-31(39)19-11-13-20(32)14-12-19)17-35-37-30(38)29-27(21-6-3-4-8-23(21)33)22-7-5-9-24(34)28(22)36-29/h3-17,36H,2H2,1H3,(H,37,38). The SMILES string of the molecule is CCOc1cc(C=NNC(=O)c2[nH]c3c(F)cccc3c2-c2ccccc2Cl)ccc1OC(=O)c1ccc(Cl)cc1. The summed E-state index contributed by atoms with van der Waals surface area (Å²) in [5.74, 6) is -1.13. The molecule has 0 unspecified atom stereocenters. The second-order valence-corrected chi connectivity index (χ2v) is 9.60. The summed E-state index contributed by atoms with van der Waals surface area (Å²) in [5, 5.41) is 5.50. The summed E-state index contributed by atoms with van der Waals surface area (Å²) in [6.45, 7) is 2.12. The first kappa shape index (κ1) is 27.9. The summed E-state index contributed by atoms with van der Waals surface area (Å²) in [6.07, 6.45) is 1.41. The fourth-order valence-electron chi connectivity index (χ4n) is 4.22. The molecule has 41 heavy (non-hydrogen) atoms. The van der Waals surface area contributed by atoms with Crippen LogP contribution in [0, 0.1) is 5.82 Å². The third kappa shape index (κ3) is 6.09. The van der Waals surface area contributed by atoms with E-state index in [0.717, 1.165) is 0 Å². The van der Waals surface area contributed by atoms with E-state index >= 15 is 0 Å². The Bertz CT molecular complexity index is 1780. The quantitative estimate of drug-likeness (QED) is 0.0840. The first-order valence-electron chi connectivity index (χ1n) is 12.5. The normalized spacial score (nSPS) is 11.1. The second kappa shape index (κ2) is 12.2. The van der Waals surface area contributed by atoms with Crippen LogP contribution in [0.15, 0.2) is 90.0 Å². The Hall–Kier alpha value is -4.66. The average Bonchev–Trinajstić information content (AvgIpc) is 3.36. The van der Waals surface area contributed by atoms with Crippen LogP contribution in [-0.2, 0) is 0 Å². The van der Waals surface area contributed by atoms with Gasteiger partial charge in [0.05, 0.1) is 23.9 Å². The van der Waals surface area contributed by atoms with Gasteiger partial charge in [-0.3, -0.25) is 4.79 Å². The van der Waals surface area contributed by atoms with E-state index in [-0.39, 0.29) is 17.0 Å². The molecule has 1 amide bonds. The number of amides is 1. The van der Waals surface area contributed by atoms with Crippen LogP contribution in [0.4, 0.5) is 4.39 Å². The smallest absolute Gasteiger partial charge is 0.343 e. The van der Waals surface area contributed by atoms with Gasteiger partial charge in [0, 0.05) is 26.6 Å². The minimum atomic E-state index is -0.592. The molecule has 0 aliphatic rings. The molecule has 0 aliphatic carbocycles. The molecule has 0 atom stereocenters. The highest BCUT2D eigenvalue weighted by Crippen LogP contribution is 2.37. The maximum atomic E-state index is 14.6. The molecule has 0 saturated heterocycles. The molecule has 7 nitrogen and oxygen atoms in total. The number of H-pyrrole nitrogens is 1. The minimum Gasteiger partial charge on any atom is -0.490 e. The number of benzene rings is 4. The topological polar surface area (TPSA) is 92.8 Å². The molecule has 0 aliphatic heterocycles. The van der Waals surface area contributed by atoms with Crippen molar-refractivity contribution in [2.75, 3.05) is 6.61 Å². The number of aromatic nitrogens is 1. The Balaban J connectivity index is 1.38. The molecule has 2 N–H and O–H groups in total. The number of hydrogen-bond acceptors (Lipinski definition) is 5. The number of carbonyl (C=O) groups excluding carboxylic acids is 2. The number of carbonyl (C=O) groups is 2. The number of para-hydroxylation sites is 1. The van der Waals surface area contributed by atoms with Crippen molar-refractivity contribution in [2.24, 2.45) is 5.10 Å². The van der Waals surface area contributed by atoms with Crippen molar-refractivity contribution in [3.8, 4) is 22.6 Å². The number of ether oxygens (including phenoxy) is 2. The highest BCUT2D eigenvalue weighted by molar-refractivity contribution is 6.34. The van der Waals surface area contributed by atoms with Gasteiger partial charge >= 0.3 is 5.97 Å². The molecule has 5 rings (SSSR count). The summed E-state index contributed by atoms with van der Waals surface area (Å²) >= 11 is 12.3. The van der Waals surface area contributed by atoms with E-state index < -0.39 is 17.7 Å². The Morgan fingerprint density at radius 3 is 2.51 bits per heavy atom. The third-order valence-corrected chi connectivity index (χ3v) is 6.66. The van der Waals surface area contributed by atoms with Crippen LogP contribution in [-0.4, -0.2) is 29.7 Å². The molecule has 4 aromatic carbocycles. The Labute approximate surface area is 244 Å². The first-order chi connectivity index (χ1) is 19.9. The number of esters is 1. The number of fused-ring (bicyclic) bond motifs is 1. The highest BCUT2D eigenvalue weighted by atomic mass is 35.5. The van der Waals surface area contributed by atoms with Crippen molar-refractivity contribution in [3.63, 3.8) is 0 Å². The van der Waals surface area contributed by atoms with E-state index in [4.69, 9.17) is 32.7 Å². The Morgan fingerprint density at radius 1 is 0.976 bits per heavy atom. The molecule has 1 heterocycles. The number of halogens is 3. The molecule has 0 radical (unpaired) electrons. The van der Waals surface area contributed by atoms with Crippen molar-refractivity contribution < 1.29 is 23.5 Å². The zero-order chi connectivity index (χ0) is 28.9. The van der Waals surface area contributed by atoms with Gasteiger partial charge in [0.25, 0.3) is 5.91 Å². The van der Waals surface area contributed by atoms with Crippen LogP contribution in [0.1, 0.15) is 33.3 Å². The van der Waals surface area contributed by atoms with E-state index in [2.05, 4.69) is 15.5 Å². The molecule has 0 fully saturated rings. The largest absolute Gasteiger partial charge is 0.490 e. The predicted molar refractivity (Wildman–Crippen MR) is 158 cm³/mol. The molecule has 10 heteroatoms. The molecule has 1 aromatic heterocycles. The number of hydrogen-bond donors (Lipinski definition) is 2. The molecule has 5 aromatic rings. The number of nitrogens with zero attached hydrogens (tertiary/aromatic N) is 1. The van der Waals surface area contributed by atoms with Gasteiger partial charge in [0.1, 0.15) is 11.5 Å². The van der Waals surface area contributed by atoms with E-state index in [9.17, 15) is 14.0 Å². The van der Waals surface area contributed by atoms with Crippen LogP contribution in [0.3, 0.4) is 0 Å². The van der Waals surface area contributed by atoms with Crippen LogP contribution in [0.25, 0.3) is 22.0 Å².